The third-order valence-electron chi connectivity index (χ3n) is 5.47. The maximum absolute atomic E-state index is 12.7. The van der Waals surface area contributed by atoms with Crippen molar-refractivity contribution in [3.05, 3.63) is 36.0 Å². The normalized spacial score (nSPS) is 13.2. The van der Waals surface area contributed by atoms with Crippen molar-refractivity contribution in [1.82, 2.24) is 20.9 Å². The fourth-order valence-corrected chi connectivity index (χ4v) is 3.53. The highest BCUT2D eigenvalue weighted by Gasteiger charge is 2.26. The quantitative estimate of drug-likeness (QED) is 0.134. The van der Waals surface area contributed by atoms with Gasteiger partial charge in [0.25, 0.3) is 0 Å². The van der Waals surface area contributed by atoms with E-state index < -0.39 is 66.7 Å². The molecule has 3 unspecified atom stereocenters. The van der Waals surface area contributed by atoms with E-state index in [1.54, 1.807) is 6.20 Å². The standard InChI is InChI=1S/C23H30N6O8/c24-14(9-12-10-26-15-4-2-1-3-13(12)15)21(34)29-16(5-7-18(25)30)22(35)27-11-19(31)28-17(23(36)37)6-8-20(32)33/h1-4,10,14,16-17,26H,5-9,11,24H2,(H2,25,30)(H,27,35)(H,28,31)(H,29,34)(H,32,33)(H,36,37). The smallest absolute Gasteiger partial charge is 0.326 e. The van der Waals surface area contributed by atoms with Crippen molar-refractivity contribution < 1.29 is 39.0 Å². The summed E-state index contributed by atoms with van der Waals surface area (Å²) >= 11 is 0. The van der Waals surface area contributed by atoms with Gasteiger partial charge in [0.15, 0.2) is 0 Å². The number of fused-ring (bicyclic) bond motifs is 1. The second-order valence-corrected chi connectivity index (χ2v) is 8.34. The number of benzene rings is 1. The fraction of sp³-hybridized carbons (Fsp3) is 0.391. The molecule has 10 N–H and O–H groups in total. The van der Waals surface area contributed by atoms with Gasteiger partial charge in [0.05, 0.1) is 12.6 Å². The lowest BCUT2D eigenvalue weighted by Gasteiger charge is -2.20. The number of carbonyl (C=O) groups excluding carboxylic acids is 4. The number of para-hydroxylation sites is 1. The Morgan fingerprint density at radius 2 is 1.59 bits per heavy atom. The van der Waals surface area contributed by atoms with Crippen LogP contribution in [0.15, 0.2) is 30.5 Å². The molecule has 14 heteroatoms. The zero-order chi connectivity index (χ0) is 27.5. The van der Waals surface area contributed by atoms with Crippen LogP contribution >= 0.6 is 0 Å². The van der Waals surface area contributed by atoms with Gasteiger partial charge in [-0.15, -0.1) is 0 Å². The highest BCUT2D eigenvalue weighted by atomic mass is 16.4. The molecule has 4 amide bonds. The summed E-state index contributed by atoms with van der Waals surface area (Å²) in [7, 11) is 0. The van der Waals surface area contributed by atoms with Crippen LogP contribution in [0.1, 0.15) is 31.2 Å². The summed E-state index contributed by atoms with van der Waals surface area (Å²) in [5.41, 5.74) is 12.9. The monoisotopic (exact) mass is 518 g/mol. The number of rotatable bonds is 15. The average Bonchev–Trinajstić information content (AvgIpc) is 3.24. The number of hydrogen-bond acceptors (Lipinski definition) is 7. The Hall–Kier alpha value is -4.46. The summed E-state index contributed by atoms with van der Waals surface area (Å²) in [6.07, 6.45) is 0.659. The van der Waals surface area contributed by atoms with E-state index in [-0.39, 0.29) is 25.7 Å². The Morgan fingerprint density at radius 1 is 0.919 bits per heavy atom. The van der Waals surface area contributed by atoms with Gasteiger partial charge in [-0.25, -0.2) is 4.79 Å². The van der Waals surface area contributed by atoms with Crippen LogP contribution in [0.4, 0.5) is 0 Å². The maximum Gasteiger partial charge on any atom is 0.326 e. The number of aliphatic carboxylic acids is 2. The minimum atomic E-state index is -1.46. The lowest BCUT2D eigenvalue weighted by Crippen LogP contribution is -2.54. The molecule has 0 saturated carbocycles. The molecule has 0 fully saturated rings. The SMILES string of the molecule is NC(=O)CCC(NC(=O)C(N)Cc1c[nH]c2ccccc12)C(=O)NCC(=O)NC(CCC(=O)O)C(=O)O. The molecule has 0 aliphatic heterocycles. The van der Waals surface area contributed by atoms with E-state index in [0.29, 0.717) is 0 Å². The second-order valence-electron chi connectivity index (χ2n) is 8.34. The molecule has 0 radical (unpaired) electrons. The van der Waals surface area contributed by atoms with Gasteiger partial charge in [0.1, 0.15) is 12.1 Å². The topological polar surface area (TPSA) is 247 Å². The van der Waals surface area contributed by atoms with Crippen molar-refractivity contribution in [3.63, 3.8) is 0 Å². The summed E-state index contributed by atoms with van der Waals surface area (Å²) in [5, 5.41) is 25.5. The summed E-state index contributed by atoms with van der Waals surface area (Å²) in [6.45, 7) is -0.653. The van der Waals surface area contributed by atoms with E-state index in [2.05, 4.69) is 20.9 Å². The number of carbonyl (C=O) groups is 6. The number of carboxylic acid groups (broad SMARTS) is 2. The molecular formula is C23H30N6O8. The van der Waals surface area contributed by atoms with Gasteiger partial charge < -0.3 is 42.6 Å². The third-order valence-corrected chi connectivity index (χ3v) is 5.47. The van der Waals surface area contributed by atoms with Crippen LogP contribution in [0.5, 0.6) is 0 Å². The number of carboxylic acids is 2. The molecule has 0 saturated heterocycles. The Kier molecular flexibility index (Phi) is 10.6. The lowest BCUT2D eigenvalue weighted by atomic mass is 10.0. The van der Waals surface area contributed by atoms with Crippen molar-refractivity contribution in [3.8, 4) is 0 Å². The van der Waals surface area contributed by atoms with E-state index in [1.165, 1.54) is 0 Å². The highest BCUT2D eigenvalue weighted by Crippen LogP contribution is 2.18. The van der Waals surface area contributed by atoms with Crippen LogP contribution in [-0.4, -0.2) is 75.4 Å². The molecular weight excluding hydrogens is 488 g/mol. The van der Waals surface area contributed by atoms with Crippen molar-refractivity contribution in [1.29, 1.82) is 0 Å². The number of H-pyrrole nitrogens is 1. The first-order valence-electron chi connectivity index (χ1n) is 11.4. The Bertz CT molecular complexity index is 1160. The van der Waals surface area contributed by atoms with Gasteiger partial charge in [-0.1, -0.05) is 18.2 Å². The number of aromatic amines is 1. The van der Waals surface area contributed by atoms with E-state index >= 15 is 0 Å². The minimum absolute atomic E-state index is 0.162. The van der Waals surface area contributed by atoms with Crippen molar-refractivity contribution in [2.45, 2.75) is 50.2 Å². The summed E-state index contributed by atoms with van der Waals surface area (Å²) < 4.78 is 0. The van der Waals surface area contributed by atoms with Crippen LogP contribution < -0.4 is 27.4 Å². The maximum atomic E-state index is 12.7. The van der Waals surface area contributed by atoms with Gasteiger partial charge in [0, 0.05) is 29.9 Å². The number of nitrogens with one attached hydrogen (secondary N) is 4. The molecule has 1 aromatic heterocycles. The van der Waals surface area contributed by atoms with Gasteiger partial charge in [-0.3, -0.25) is 24.0 Å². The summed E-state index contributed by atoms with van der Waals surface area (Å²) in [5.74, 6) is -5.75. The van der Waals surface area contributed by atoms with Gasteiger partial charge in [-0.05, 0) is 30.9 Å². The molecule has 0 spiro atoms. The number of amides is 4. The fourth-order valence-electron chi connectivity index (χ4n) is 3.53. The van der Waals surface area contributed by atoms with E-state index in [1.807, 2.05) is 24.3 Å². The molecule has 200 valence electrons. The van der Waals surface area contributed by atoms with Gasteiger partial charge in [0.2, 0.25) is 23.6 Å². The van der Waals surface area contributed by atoms with Crippen molar-refractivity contribution in [2.75, 3.05) is 6.54 Å². The zero-order valence-corrected chi connectivity index (χ0v) is 19.9. The predicted octanol–water partition coefficient (Wildman–Crippen LogP) is -1.66. The van der Waals surface area contributed by atoms with Crippen LogP contribution in [0, 0.1) is 0 Å². The third kappa shape index (κ3) is 9.25. The number of hydrogen-bond donors (Lipinski definition) is 8. The van der Waals surface area contributed by atoms with Crippen LogP contribution in [0.2, 0.25) is 0 Å². The Balaban J connectivity index is 1.97. The second kappa shape index (κ2) is 13.6. The first-order chi connectivity index (χ1) is 17.5. The first kappa shape index (κ1) is 28.8. The zero-order valence-electron chi connectivity index (χ0n) is 19.9. The molecule has 2 rings (SSSR count). The first-order valence-corrected chi connectivity index (χ1v) is 11.4. The highest BCUT2D eigenvalue weighted by molar-refractivity contribution is 5.93. The van der Waals surface area contributed by atoms with E-state index in [9.17, 15) is 28.8 Å². The molecule has 3 atom stereocenters. The van der Waals surface area contributed by atoms with Crippen LogP contribution in [-0.2, 0) is 35.2 Å². The number of aromatic nitrogens is 1. The molecule has 1 aromatic carbocycles. The van der Waals surface area contributed by atoms with Gasteiger partial charge in [-0.2, -0.15) is 0 Å². The Morgan fingerprint density at radius 3 is 2.24 bits per heavy atom. The molecule has 37 heavy (non-hydrogen) atoms. The largest absolute Gasteiger partial charge is 0.481 e. The molecule has 1 heterocycles. The van der Waals surface area contributed by atoms with E-state index in [0.717, 1.165) is 16.5 Å². The van der Waals surface area contributed by atoms with E-state index in [4.69, 9.17) is 21.7 Å². The minimum Gasteiger partial charge on any atom is -0.481 e. The van der Waals surface area contributed by atoms with Crippen molar-refractivity contribution in [2.24, 2.45) is 11.5 Å². The molecule has 0 aliphatic carbocycles. The Labute approximate surface area is 211 Å². The molecule has 14 nitrogen and oxygen atoms in total. The van der Waals surface area contributed by atoms with Crippen molar-refractivity contribution >= 4 is 46.5 Å². The molecule has 0 aliphatic rings. The van der Waals surface area contributed by atoms with Crippen LogP contribution in [0.25, 0.3) is 10.9 Å². The molecule has 0 bridgehead atoms. The van der Waals surface area contributed by atoms with Crippen LogP contribution in [0.3, 0.4) is 0 Å². The number of primary amides is 1. The van der Waals surface area contributed by atoms with Gasteiger partial charge >= 0.3 is 11.9 Å². The summed E-state index contributed by atoms with van der Waals surface area (Å²) in [6, 6.07) is 3.70. The number of nitrogens with two attached hydrogens (primary N) is 2. The lowest BCUT2D eigenvalue weighted by molar-refractivity contribution is -0.143. The predicted molar refractivity (Wildman–Crippen MR) is 130 cm³/mol. The average molecular weight is 519 g/mol. The summed E-state index contributed by atoms with van der Waals surface area (Å²) in [4.78, 5) is 73.6. The molecule has 2 aromatic rings.